The Hall–Kier alpha value is -2.11. The van der Waals surface area contributed by atoms with E-state index in [-0.39, 0.29) is 17.3 Å². The number of hydrogen-bond donors (Lipinski definition) is 1. The molecule has 3 aromatic rings. The van der Waals surface area contributed by atoms with Crippen LogP contribution in [0.2, 0.25) is 10.0 Å². The third-order valence-electron chi connectivity index (χ3n) is 2.80. The molecule has 106 valence electrons. The highest BCUT2D eigenvalue weighted by atomic mass is 35.5. The minimum Gasteiger partial charge on any atom is -0.505 e. The monoisotopic (exact) mass is 321 g/mol. The Bertz CT molecular complexity index is 789. The average molecular weight is 322 g/mol. The molecule has 0 spiro atoms. The zero-order valence-electron chi connectivity index (χ0n) is 10.6. The molecule has 21 heavy (non-hydrogen) atoms. The van der Waals surface area contributed by atoms with Crippen molar-refractivity contribution in [3.8, 4) is 17.3 Å². The van der Waals surface area contributed by atoms with Crippen molar-refractivity contribution in [2.45, 2.75) is 6.42 Å². The van der Waals surface area contributed by atoms with Crippen LogP contribution < -0.4 is 0 Å². The molecule has 7 heteroatoms. The van der Waals surface area contributed by atoms with E-state index in [0.29, 0.717) is 22.3 Å². The number of halogens is 2. The van der Waals surface area contributed by atoms with Crippen molar-refractivity contribution in [3.05, 3.63) is 58.0 Å². The summed E-state index contributed by atoms with van der Waals surface area (Å²) >= 11 is 11.8. The van der Waals surface area contributed by atoms with E-state index in [2.05, 4.69) is 15.1 Å². The smallest absolute Gasteiger partial charge is 0.280 e. The molecule has 0 fully saturated rings. The van der Waals surface area contributed by atoms with Gasteiger partial charge in [-0.3, -0.25) is 0 Å². The number of aromatic hydroxyl groups is 1. The number of benzene rings is 1. The second-order valence-electron chi connectivity index (χ2n) is 4.31. The number of aromatic nitrogens is 3. The molecule has 0 aliphatic heterocycles. The van der Waals surface area contributed by atoms with Crippen molar-refractivity contribution < 1.29 is 9.63 Å². The topological polar surface area (TPSA) is 72.0 Å². The van der Waals surface area contributed by atoms with Gasteiger partial charge in [-0.2, -0.15) is 4.98 Å². The van der Waals surface area contributed by atoms with E-state index in [0.717, 1.165) is 5.56 Å². The molecule has 0 saturated heterocycles. The van der Waals surface area contributed by atoms with Gasteiger partial charge >= 0.3 is 0 Å². The van der Waals surface area contributed by atoms with Gasteiger partial charge in [0.2, 0.25) is 0 Å². The van der Waals surface area contributed by atoms with Crippen LogP contribution in [0, 0.1) is 0 Å². The summed E-state index contributed by atoms with van der Waals surface area (Å²) in [6, 6.07) is 8.42. The first-order chi connectivity index (χ1) is 10.1. The summed E-state index contributed by atoms with van der Waals surface area (Å²) in [5, 5.41) is 14.5. The quantitative estimate of drug-likeness (QED) is 0.795. The summed E-state index contributed by atoms with van der Waals surface area (Å²) in [5.74, 6) is 0.624. The van der Waals surface area contributed by atoms with Crippen LogP contribution in [0.25, 0.3) is 11.6 Å². The van der Waals surface area contributed by atoms with Gasteiger partial charge in [0.05, 0.1) is 10.0 Å². The maximum Gasteiger partial charge on any atom is 0.280 e. The molecule has 0 unspecified atom stereocenters. The van der Waals surface area contributed by atoms with Crippen molar-refractivity contribution in [1.29, 1.82) is 0 Å². The first-order valence-corrected chi connectivity index (χ1v) is 6.80. The van der Waals surface area contributed by atoms with Gasteiger partial charge in [0, 0.05) is 12.6 Å². The van der Waals surface area contributed by atoms with Gasteiger partial charge in [0.25, 0.3) is 5.89 Å². The Morgan fingerprint density at radius 1 is 1.14 bits per heavy atom. The first kappa shape index (κ1) is 13.9. The average Bonchev–Trinajstić information content (AvgIpc) is 2.92. The SMILES string of the molecule is Oc1cccnc1-c1nc(Cc2ccc(Cl)c(Cl)c2)no1. The van der Waals surface area contributed by atoms with Crippen molar-refractivity contribution in [3.63, 3.8) is 0 Å². The molecule has 5 nitrogen and oxygen atoms in total. The third kappa shape index (κ3) is 2.99. The highest BCUT2D eigenvalue weighted by Gasteiger charge is 2.14. The number of pyridine rings is 1. The molecule has 0 bridgehead atoms. The van der Waals surface area contributed by atoms with Gasteiger partial charge in [-0.15, -0.1) is 0 Å². The molecule has 0 radical (unpaired) electrons. The Labute approximate surface area is 130 Å². The van der Waals surface area contributed by atoms with E-state index in [4.69, 9.17) is 27.7 Å². The largest absolute Gasteiger partial charge is 0.505 e. The lowest BCUT2D eigenvalue weighted by atomic mass is 10.1. The fourth-order valence-corrected chi connectivity index (χ4v) is 2.14. The van der Waals surface area contributed by atoms with Crippen LogP contribution in [0.4, 0.5) is 0 Å². The van der Waals surface area contributed by atoms with Crippen molar-refractivity contribution in [2.75, 3.05) is 0 Å². The molecule has 0 amide bonds. The highest BCUT2D eigenvalue weighted by molar-refractivity contribution is 6.42. The van der Waals surface area contributed by atoms with Crippen LogP contribution in [0.1, 0.15) is 11.4 Å². The maximum absolute atomic E-state index is 9.71. The summed E-state index contributed by atoms with van der Waals surface area (Å²) in [7, 11) is 0. The Kier molecular flexibility index (Phi) is 3.77. The van der Waals surface area contributed by atoms with Crippen LogP contribution >= 0.6 is 23.2 Å². The predicted octanol–water partition coefficient (Wildman–Crippen LogP) is 3.73. The van der Waals surface area contributed by atoms with Crippen LogP contribution in [0.3, 0.4) is 0 Å². The van der Waals surface area contributed by atoms with Crippen molar-refractivity contribution in [2.24, 2.45) is 0 Å². The van der Waals surface area contributed by atoms with Crippen LogP contribution in [0.15, 0.2) is 41.1 Å². The lowest BCUT2D eigenvalue weighted by molar-refractivity contribution is 0.416. The minimum atomic E-state index is -0.0118. The summed E-state index contributed by atoms with van der Waals surface area (Å²) in [5.41, 5.74) is 1.16. The van der Waals surface area contributed by atoms with Crippen molar-refractivity contribution >= 4 is 23.2 Å². The molecule has 2 heterocycles. The van der Waals surface area contributed by atoms with Gasteiger partial charge in [-0.05, 0) is 29.8 Å². The van der Waals surface area contributed by atoms with E-state index >= 15 is 0 Å². The molecular weight excluding hydrogens is 313 g/mol. The molecule has 1 N–H and O–H groups in total. The van der Waals surface area contributed by atoms with Gasteiger partial charge in [0.1, 0.15) is 5.75 Å². The predicted molar refractivity (Wildman–Crippen MR) is 78.5 cm³/mol. The second kappa shape index (κ2) is 5.71. The van der Waals surface area contributed by atoms with Gasteiger partial charge < -0.3 is 9.63 Å². The first-order valence-electron chi connectivity index (χ1n) is 6.04. The standard InChI is InChI=1S/C14H9Cl2N3O2/c15-9-4-3-8(6-10(9)16)7-12-18-14(21-19-12)13-11(20)2-1-5-17-13/h1-6,20H,7H2. The lowest BCUT2D eigenvalue weighted by Gasteiger charge is -1.99. The van der Waals surface area contributed by atoms with Crippen molar-refractivity contribution in [1.82, 2.24) is 15.1 Å². The summed E-state index contributed by atoms with van der Waals surface area (Å²) in [6.07, 6.45) is 1.98. The Morgan fingerprint density at radius 2 is 2.00 bits per heavy atom. The van der Waals surface area contributed by atoms with E-state index < -0.39 is 0 Å². The molecule has 0 saturated carbocycles. The number of rotatable bonds is 3. The normalized spacial score (nSPS) is 10.8. The van der Waals surface area contributed by atoms with Crippen LogP contribution in [-0.4, -0.2) is 20.2 Å². The lowest BCUT2D eigenvalue weighted by Crippen LogP contribution is -1.91. The molecule has 1 aromatic carbocycles. The molecule has 0 aliphatic carbocycles. The Morgan fingerprint density at radius 3 is 2.76 bits per heavy atom. The molecular formula is C14H9Cl2N3O2. The minimum absolute atomic E-state index is 0.0118. The summed E-state index contributed by atoms with van der Waals surface area (Å²) in [4.78, 5) is 8.22. The molecule has 0 aliphatic rings. The second-order valence-corrected chi connectivity index (χ2v) is 5.13. The maximum atomic E-state index is 9.71. The Balaban J connectivity index is 1.85. The summed E-state index contributed by atoms with van der Waals surface area (Å²) < 4.78 is 5.12. The molecule has 3 rings (SSSR count). The number of hydrogen-bond acceptors (Lipinski definition) is 5. The van der Waals surface area contributed by atoms with E-state index in [1.165, 1.54) is 12.3 Å². The van der Waals surface area contributed by atoms with Gasteiger partial charge in [-0.25, -0.2) is 4.98 Å². The van der Waals surface area contributed by atoms with E-state index in [1.54, 1.807) is 18.2 Å². The molecule has 2 aromatic heterocycles. The number of nitrogens with zero attached hydrogens (tertiary/aromatic N) is 3. The van der Waals surface area contributed by atoms with E-state index in [1.807, 2.05) is 6.07 Å². The highest BCUT2D eigenvalue weighted by Crippen LogP contribution is 2.26. The molecule has 0 atom stereocenters. The van der Waals surface area contributed by atoms with Crippen LogP contribution in [-0.2, 0) is 6.42 Å². The fraction of sp³-hybridized carbons (Fsp3) is 0.0714. The van der Waals surface area contributed by atoms with Crippen LogP contribution in [0.5, 0.6) is 5.75 Å². The zero-order valence-corrected chi connectivity index (χ0v) is 12.1. The van der Waals surface area contributed by atoms with Gasteiger partial charge in [-0.1, -0.05) is 34.4 Å². The van der Waals surface area contributed by atoms with Gasteiger partial charge in [0.15, 0.2) is 11.5 Å². The summed E-state index contributed by atoms with van der Waals surface area (Å²) in [6.45, 7) is 0. The fourth-order valence-electron chi connectivity index (χ4n) is 1.82. The zero-order chi connectivity index (χ0) is 14.8. The third-order valence-corrected chi connectivity index (χ3v) is 3.54. The van der Waals surface area contributed by atoms with E-state index in [9.17, 15) is 5.11 Å².